The Bertz CT molecular complexity index is 412. The van der Waals surface area contributed by atoms with Gasteiger partial charge in [-0.25, -0.2) is 0 Å². The van der Waals surface area contributed by atoms with E-state index in [0.29, 0.717) is 13.2 Å². The molecular formula is C14H20N2O2. The second-order valence-corrected chi connectivity index (χ2v) is 4.79. The van der Waals surface area contributed by atoms with Gasteiger partial charge in [0.1, 0.15) is 0 Å². The minimum Gasteiger partial charge on any atom is -0.381 e. The van der Waals surface area contributed by atoms with Gasteiger partial charge in [0.2, 0.25) is 5.91 Å². The van der Waals surface area contributed by atoms with Crippen LogP contribution in [0, 0.1) is 5.92 Å². The summed E-state index contributed by atoms with van der Waals surface area (Å²) in [5, 5.41) is 2.96. The average molecular weight is 248 g/mol. The van der Waals surface area contributed by atoms with E-state index in [9.17, 15) is 4.79 Å². The van der Waals surface area contributed by atoms with Gasteiger partial charge in [-0.05, 0) is 37.5 Å². The third kappa shape index (κ3) is 3.31. The Balaban J connectivity index is 1.99. The molecule has 1 unspecified atom stereocenters. The molecule has 1 atom stereocenters. The fourth-order valence-electron chi connectivity index (χ4n) is 2.10. The standard InChI is InChI=1S/C14H20N2O2/c1-10(15)12-3-2-4-13(9-12)16-14(17)11-5-7-18-8-6-11/h2-4,9-11H,5-8,15H2,1H3,(H,16,17). The number of rotatable bonds is 3. The summed E-state index contributed by atoms with van der Waals surface area (Å²) in [5.41, 5.74) is 7.68. The van der Waals surface area contributed by atoms with E-state index < -0.39 is 0 Å². The third-order valence-corrected chi connectivity index (χ3v) is 3.27. The lowest BCUT2D eigenvalue weighted by atomic mass is 9.99. The molecule has 4 heteroatoms. The number of ether oxygens (including phenoxy) is 1. The molecule has 0 aromatic heterocycles. The van der Waals surface area contributed by atoms with Crippen molar-refractivity contribution in [3.63, 3.8) is 0 Å². The van der Waals surface area contributed by atoms with Gasteiger partial charge in [-0.15, -0.1) is 0 Å². The van der Waals surface area contributed by atoms with Crippen molar-refractivity contribution in [1.29, 1.82) is 0 Å². The Kier molecular flexibility index (Phi) is 4.33. The first kappa shape index (κ1) is 13.1. The number of nitrogens with two attached hydrogens (primary N) is 1. The van der Waals surface area contributed by atoms with Gasteiger partial charge in [-0.1, -0.05) is 12.1 Å². The van der Waals surface area contributed by atoms with Crippen LogP contribution in [-0.4, -0.2) is 19.1 Å². The zero-order valence-corrected chi connectivity index (χ0v) is 10.7. The van der Waals surface area contributed by atoms with Crippen molar-refractivity contribution < 1.29 is 9.53 Å². The first-order chi connectivity index (χ1) is 8.66. The number of amides is 1. The molecule has 3 N–H and O–H groups in total. The molecule has 1 heterocycles. The SMILES string of the molecule is CC(N)c1cccc(NC(=O)C2CCOCC2)c1. The Morgan fingerprint density at radius 1 is 1.44 bits per heavy atom. The van der Waals surface area contributed by atoms with E-state index in [1.54, 1.807) is 0 Å². The van der Waals surface area contributed by atoms with Gasteiger partial charge in [0.25, 0.3) is 0 Å². The smallest absolute Gasteiger partial charge is 0.227 e. The lowest BCUT2D eigenvalue weighted by molar-refractivity contribution is -0.122. The van der Waals surface area contributed by atoms with E-state index in [0.717, 1.165) is 24.1 Å². The molecule has 0 aliphatic carbocycles. The van der Waals surface area contributed by atoms with Gasteiger partial charge in [0.05, 0.1) is 0 Å². The van der Waals surface area contributed by atoms with E-state index in [1.165, 1.54) is 0 Å². The number of benzene rings is 1. The largest absolute Gasteiger partial charge is 0.381 e. The van der Waals surface area contributed by atoms with Crippen LogP contribution in [-0.2, 0) is 9.53 Å². The minimum absolute atomic E-state index is 0.0232. The van der Waals surface area contributed by atoms with Crippen LogP contribution in [0.5, 0.6) is 0 Å². The van der Waals surface area contributed by atoms with E-state index in [2.05, 4.69) is 5.32 Å². The molecule has 1 aliphatic rings. The van der Waals surface area contributed by atoms with Crippen molar-refractivity contribution in [2.75, 3.05) is 18.5 Å². The molecule has 18 heavy (non-hydrogen) atoms. The van der Waals surface area contributed by atoms with Crippen molar-refractivity contribution in [1.82, 2.24) is 0 Å². The molecule has 0 bridgehead atoms. The molecule has 0 saturated carbocycles. The van der Waals surface area contributed by atoms with Gasteiger partial charge in [-0.3, -0.25) is 4.79 Å². The monoisotopic (exact) mass is 248 g/mol. The number of carbonyl (C=O) groups excluding carboxylic acids is 1. The molecule has 1 amide bonds. The summed E-state index contributed by atoms with van der Waals surface area (Å²) in [6.45, 7) is 3.29. The van der Waals surface area contributed by atoms with E-state index in [1.807, 2.05) is 31.2 Å². The quantitative estimate of drug-likeness (QED) is 0.860. The van der Waals surface area contributed by atoms with Gasteiger partial charge in [0.15, 0.2) is 0 Å². The molecule has 1 saturated heterocycles. The van der Waals surface area contributed by atoms with Gasteiger partial charge < -0.3 is 15.8 Å². The van der Waals surface area contributed by atoms with Crippen molar-refractivity contribution in [2.45, 2.75) is 25.8 Å². The molecule has 1 aromatic carbocycles. The van der Waals surface area contributed by atoms with Crippen LogP contribution in [0.25, 0.3) is 0 Å². The van der Waals surface area contributed by atoms with E-state index in [-0.39, 0.29) is 17.9 Å². The molecule has 1 aromatic rings. The summed E-state index contributed by atoms with van der Waals surface area (Å²) in [6.07, 6.45) is 1.61. The summed E-state index contributed by atoms with van der Waals surface area (Å²) in [5.74, 6) is 0.151. The zero-order valence-electron chi connectivity index (χ0n) is 10.7. The minimum atomic E-state index is -0.0232. The van der Waals surface area contributed by atoms with Gasteiger partial charge >= 0.3 is 0 Å². The molecule has 4 nitrogen and oxygen atoms in total. The van der Waals surface area contributed by atoms with E-state index in [4.69, 9.17) is 10.5 Å². The molecule has 98 valence electrons. The molecular weight excluding hydrogens is 228 g/mol. The first-order valence-corrected chi connectivity index (χ1v) is 6.41. The van der Waals surface area contributed by atoms with Gasteiger partial charge in [-0.2, -0.15) is 0 Å². The molecule has 2 rings (SSSR count). The van der Waals surface area contributed by atoms with Crippen molar-refractivity contribution in [3.8, 4) is 0 Å². The third-order valence-electron chi connectivity index (χ3n) is 3.27. The lowest BCUT2D eigenvalue weighted by Crippen LogP contribution is -2.28. The lowest BCUT2D eigenvalue weighted by Gasteiger charge is -2.21. The summed E-state index contributed by atoms with van der Waals surface area (Å²) >= 11 is 0. The summed E-state index contributed by atoms with van der Waals surface area (Å²) in [6, 6.07) is 7.68. The Labute approximate surface area is 108 Å². The molecule has 0 spiro atoms. The fraction of sp³-hybridized carbons (Fsp3) is 0.500. The van der Waals surface area contributed by atoms with Gasteiger partial charge in [0, 0.05) is 30.9 Å². The highest BCUT2D eigenvalue weighted by molar-refractivity contribution is 5.92. The van der Waals surface area contributed by atoms with Crippen LogP contribution >= 0.6 is 0 Å². The predicted molar refractivity (Wildman–Crippen MR) is 71.2 cm³/mol. The number of carbonyl (C=O) groups is 1. The zero-order chi connectivity index (χ0) is 13.0. The first-order valence-electron chi connectivity index (χ1n) is 6.41. The fourth-order valence-corrected chi connectivity index (χ4v) is 2.10. The van der Waals surface area contributed by atoms with Crippen LogP contribution < -0.4 is 11.1 Å². The Morgan fingerprint density at radius 3 is 2.83 bits per heavy atom. The average Bonchev–Trinajstić information content (AvgIpc) is 2.40. The van der Waals surface area contributed by atoms with Crippen molar-refractivity contribution in [2.24, 2.45) is 11.7 Å². The second-order valence-electron chi connectivity index (χ2n) is 4.79. The summed E-state index contributed by atoms with van der Waals surface area (Å²) < 4.78 is 5.25. The molecule has 1 fully saturated rings. The predicted octanol–water partition coefficient (Wildman–Crippen LogP) is 2.07. The Hall–Kier alpha value is -1.39. The number of hydrogen-bond acceptors (Lipinski definition) is 3. The molecule has 0 radical (unpaired) electrons. The number of anilines is 1. The highest BCUT2D eigenvalue weighted by atomic mass is 16.5. The van der Waals surface area contributed by atoms with Crippen molar-refractivity contribution in [3.05, 3.63) is 29.8 Å². The maximum absolute atomic E-state index is 12.1. The second kappa shape index (κ2) is 5.98. The van der Waals surface area contributed by atoms with Crippen LogP contribution in [0.1, 0.15) is 31.4 Å². The molecule has 1 aliphatic heterocycles. The van der Waals surface area contributed by atoms with Crippen LogP contribution in [0.4, 0.5) is 5.69 Å². The summed E-state index contributed by atoms with van der Waals surface area (Å²) in [4.78, 5) is 12.1. The topological polar surface area (TPSA) is 64.3 Å². The van der Waals surface area contributed by atoms with Crippen LogP contribution in [0.2, 0.25) is 0 Å². The summed E-state index contributed by atoms with van der Waals surface area (Å²) in [7, 11) is 0. The maximum Gasteiger partial charge on any atom is 0.227 e. The van der Waals surface area contributed by atoms with Crippen LogP contribution in [0.3, 0.4) is 0 Å². The van der Waals surface area contributed by atoms with Crippen LogP contribution in [0.15, 0.2) is 24.3 Å². The normalized spacial score (nSPS) is 18.3. The number of nitrogens with one attached hydrogen (secondary N) is 1. The number of hydrogen-bond donors (Lipinski definition) is 2. The highest BCUT2D eigenvalue weighted by Crippen LogP contribution is 2.19. The Morgan fingerprint density at radius 2 is 2.17 bits per heavy atom. The van der Waals surface area contributed by atoms with Crippen molar-refractivity contribution >= 4 is 11.6 Å². The van der Waals surface area contributed by atoms with E-state index >= 15 is 0 Å². The maximum atomic E-state index is 12.1. The highest BCUT2D eigenvalue weighted by Gasteiger charge is 2.21.